The van der Waals surface area contributed by atoms with Gasteiger partial charge in [0.1, 0.15) is 11.6 Å². The Morgan fingerprint density at radius 1 is 1.03 bits per heavy atom. The minimum absolute atomic E-state index is 0.0992. The second-order valence-electron chi connectivity index (χ2n) is 8.45. The number of rotatable bonds is 6. The Hall–Kier alpha value is -5.19. The number of nitroso groups, excluding NO2 is 1. The van der Waals surface area contributed by atoms with Gasteiger partial charge in [-0.2, -0.15) is 10.1 Å². The summed E-state index contributed by atoms with van der Waals surface area (Å²) in [5.41, 5.74) is 3.01. The number of carbonyl (C=O) groups excluding carboxylic acids is 2. The number of carbonyl (C=O) groups is 2. The lowest BCUT2D eigenvalue weighted by molar-refractivity contribution is -0.155. The largest absolute Gasteiger partial charge is 0.419 e. The van der Waals surface area contributed by atoms with Crippen LogP contribution in [0.3, 0.4) is 0 Å². The van der Waals surface area contributed by atoms with E-state index < -0.39 is 17.9 Å². The number of para-hydroxylation sites is 1. The summed E-state index contributed by atoms with van der Waals surface area (Å²) in [6, 6.07) is 19.3. The van der Waals surface area contributed by atoms with E-state index in [4.69, 9.17) is 9.72 Å². The minimum atomic E-state index is -1.22. The average molecular weight is 495 g/mol. The van der Waals surface area contributed by atoms with Crippen molar-refractivity contribution in [1.82, 2.24) is 25.2 Å². The Morgan fingerprint density at radius 2 is 1.86 bits per heavy atom. The third-order valence-electron chi connectivity index (χ3n) is 5.57. The first-order chi connectivity index (χ1) is 17.9. The molecule has 1 amide bonds. The van der Waals surface area contributed by atoms with Crippen LogP contribution >= 0.6 is 0 Å². The molecule has 0 unspecified atom stereocenters. The van der Waals surface area contributed by atoms with Crippen molar-refractivity contribution in [3.05, 3.63) is 77.8 Å². The molecule has 0 aliphatic heterocycles. The van der Waals surface area contributed by atoms with Crippen LogP contribution in [0, 0.1) is 4.91 Å². The Balaban J connectivity index is 1.47. The molecule has 2 N–H and O–H groups in total. The zero-order valence-corrected chi connectivity index (χ0v) is 19.9. The van der Waals surface area contributed by atoms with Crippen molar-refractivity contribution in [2.45, 2.75) is 19.9 Å². The second-order valence-corrected chi connectivity index (χ2v) is 8.45. The van der Waals surface area contributed by atoms with Gasteiger partial charge in [-0.05, 0) is 56.3 Å². The summed E-state index contributed by atoms with van der Waals surface area (Å²) in [7, 11) is 0. The number of aromatic nitrogens is 4. The SMILES string of the molecule is CC(C)N(N=O)C(=O)C(=O)Oc1cccc(-c2nc(Nc3ccc4[nH]ncc4c3)c3ccccc3n2)c1. The molecule has 184 valence electrons. The lowest BCUT2D eigenvalue weighted by Gasteiger charge is -2.16. The van der Waals surface area contributed by atoms with Crippen LogP contribution in [0.15, 0.2) is 78.2 Å². The highest BCUT2D eigenvalue weighted by Gasteiger charge is 2.27. The number of aromatic amines is 1. The highest BCUT2D eigenvalue weighted by atomic mass is 16.5. The van der Waals surface area contributed by atoms with E-state index in [2.05, 4.69) is 25.8 Å². The quantitative estimate of drug-likeness (QED) is 0.113. The van der Waals surface area contributed by atoms with Gasteiger partial charge in [0, 0.05) is 22.0 Å². The van der Waals surface area contributed by atoms with Crippen LogP contribution in [0.2, 0.25) is 0 Å². The van der Waals surface area contributed by atoms with Gasteiger partial charge in [-0.15, -0.1) is 4.91 Å². The standard InChI is InChI=1S/C26H21N7O4/c1-15(2)33(32-36)25(34)26(35)37-19-7-5-6-16(13-19)23-29-22-9-4-3-8-20(22)24(30-23)28-18-10-11-21-17(12-18)14-27-31-21/h3-15H,1-2H3,(H,27,31)(H,28,29,30). The summed E-state index contributed by atoms with van der Waals surface area (Å²) >= 11 is 0. The van der Waals surface area contributed by atoms with Gasteiger partial charge in [0.15, 0.2) is 5.82 Å². The molecule has 5 rings (SSSR count). The number of ether oxygens (including phenoxy) is 1. The smallest absolute Gasteiger partial charge is 0.404 e. The molecule has 11 heteroatoms. The van der Waals surface area contributed by atoms with Crippen molar-refractivity contribution < 1.29 is 14.3 Å². The monoisotopic (exact) mass is 495 g/mol. The number of fused-ring (bicyclic) bond motifs is 2. The van der Waals surface area contributed by atoms with Gasteiger partial charge in [0.2, 0.25) is 0 Å². The molecule has 0 radical (unpaired) electrons. The Bertz CT molecular complexity index is 1650. The number of hydrogen-bond donors (Lipinski definition) is 2. The lowest BCUT2D eigenvalue weighted by atomic mass is 10.1. The van der Waals surface area contributed by atoms with E-state index in [0.29, 0.717) is 27.7 Å². The van der Waals surface area contributed by atoms with Crippen molar-refractivity contribution >= 4 is 45.2 Å². The zero-order chi connectivity index (χ0) is 25.9. The van der Waals surface area contributed by atoms with E-state index in [0.717, 1.165) is 22.0 Å². The highest BCUT2D eigenvalue weighted by molar-refractivity contribution is 6.32. The summed E-state index contributed by atoms with van der Waals surface area (Å²) in [4.78, 5) is 44.9. The highest BCUT2D eigenvalue weighted by Crippen LogP contribution is 2.29. The molecule has 0 bridgehead atoms. The van der Waals surface area contributed by atoms with Gasteiger partial charge in [-0.1, -0.05) is 24.3 Å². The molecule has 0 spiro atoms. The normalized spacial score (nSPS) is 11.0. The molecule has 0 atom stereocenters. The summed E-state index contributed by atoms with van der Waals surface area (Å²) in [6.07, 6.45) is 1.74. The average Bonchev–Trinajstić information content (AvgIpc) is 3.37. The van der Waals surface area contributed by atoms with Gasteiger partial charge in [0.05, 0.1) is 28.6 Å². The maximum absolute atomic E-state index is 12.3. The number of esters is 1. The number of amides is 1. The maximum atomic E-state index is 12.3. The van der Waals surface area contributed by atoms with Crippen LogP contribution in [0.4, 0.5) is 11.5 Å². The first-order valence-corrected chi connectivity index (χ1v) is 11.4. The first-order valence-electron chi connectivity index (χ1n) is 11.4. The van der Waals surface area contributed by atoms with Crippen molar-refractivity contribution in [2.75, 3.05) is 5.32 Å². The van der Waals surface area contributed by atoms with Crippen LogP contribution in [0.5, 0.6) is 5.75 Å². The fraction of sp³-hybridized carbons (Fsp3) is 0.115. The molecule has 2 aromatic heterocycles. The third-order valence-corrected chi connectivity index (χ3v) is 5.57. The van der Waals surface area contributed by atoms with E-state index in [1.54, 1.807) is 38.2 Å². The topological polar surface area (TPSA) is 143 Å². The van der Waals surface area contributed by atoms with Crippen molar-refractivity contribution in [3.8, 4) is 17.1 Å². The first kappa shape index (κ1) is 23.5. The molecule has 0 aliphatic carbocycles. The van der Waals surface area contributed by atoms with Gasteiger partial charge < -0.3 is 10.1 Å². The molecule has 3 aromatic carbocycles. The van der Waals surface area contributed by atoms with Crippen molar-refractivity contribution in [3.63, 3.8) is 0 Å². The van der Waals surface area contributed by atoms with E-state index in [1.807, 2.05) is 42.5 Å². The van der Waals surface area contributed by atoms with E-state index in [1.165, 1.54) is 6.07 Å². The number of benzene rings is 3. The zero-order valence-electron chi connectivity index (χ0n) is 19.9. The molecule has 0 aliphatic rings. The fourth-order valence-electron chi connectivity index (χ4n) is 3.77. The molecule has 0 saturated heterocycles. The van der Waals surface area contributed by atoms with E-state index in [9.17, 15) is 14.5 Å². The Morgan fingerprint density at radius 3 is 2.68 bits per heavy atom. The van der Waals surface area contributed by atoms with Crippen molar-refractivity contribution in [2.24, 2.45) is 5.29 Å². The molecule has 37 heavy (non-hydrogen) atoms. The number of H-pyrrole nitrogens is 1. The summed E-state index contributed by atoms with van der Waals surface area (Å²) in [5.74, 6) is -1.30. The molecule has 11 nitrogen and oxygen atoms in total. The number of anilines is 2. The van der Waals surface area contributed by atoms with E-state index in [-0.39, 0.29) is 5.75 Å². The van der Waals surface area contributed by atoms with Gasteiger partial charge >= 0.3 is 11.9 Å². The lowest BCUT2D eigenvalue weighted by Crippen LogP contribution is -2.39. The number of nitrogens with zero attached hydrogens (tertiary/aromatic N) is 5. The minimum Gasteiger partial charge on any atom is -0.419 e. The van der Waals surface area contributed by atoms with Crippen LogP contribution in [-0.4, -0.2) is 43.1 Å². The number of nitrogens with one attached hydrogen (secondary N) is 2. The summed E-state index contributed by atoms with van der Waals surface area (Å²) < 4.78 is 5.21. The van der Waals surface area contributed by atoms with Crippen LogP contribution in [-0.2, 0) is 9.59 Å². The molecular weight excluding hydrogens is 474 g/mol. The van der Waals surface area contributed by atoms with Crippen LogP contribution in [0.25, 0.3) is 33.2 Å². The second kappa shape index (κ2) is 9.82. The summed E-state index contributed by atoms with van der Waals surface area (Å²) in [5, 5.41) is 15.2. The maximum Gasteiger partial charge on any atom is 0.404 e. The molecule has 0 saturated carbocycles. The van der Waals surface area contributed by atoms with Gasteiger partial charge in [0.25, 0.3) is 0 Å². The van der Waals surface area contributed by atoms with E-state index >= 15 is 0 Å². The van der Waals surface area contributed by atoms with Gasteiger partial charge in [-0.25, -0.2) is 14.8 Å². The van der Waals surface area contributed by atoms with Crippen molar-refractivity contribution in [1.29, 1.82) is 0 Å². The molecule has 0 fully saturated rings. The summed E-state index contributed by atoms with van der Waals surface area (Å²) in [6.45, 7) is 3.12. The van der Waals surface area contributed by atoms with Crippen LogP contribution in [0.1, 0.15) is 13.8 Å². The Kier molecular flexibility index (Phi) is 6.25. The Labute approximate surface area is 210 Å². The predicted octanol–water partition coefficient (Wildman–Crippen LogP) is 4.74. The van der Waals surface area contributed by atoms with Crippen LogP contribution < -0.4 is 10.1 Å². The fourth-order valence-corrected chi connectivity index (χ4v) is 3.77. The number of hydrogen-bond acceptors (Lipinski definition) is 9. The molecule has 2 heterocycles. The molecule has 5 aromatic rings. The van der Waals surface area contributed by atoms with Gasteiger partial charge in [-0.3, -0.25) is 9.89 Å². The molecular formula is C26H21N7O4. The predicted molar refractivity (Wildman–Crippen MR) is 138 cm³/mol. The third kappa shape index (κ3) is 4.82.